The van der Waals surface area contributed by atoms with Crippen molar-refractivity contribution in [3.8, 4) is 0 Å². The number of aliphatic carboxylic acids is 1. The first-order chi connectivity index (χ1) is 9.97. The molecule has 2 aliphatic carbocycles. The summed E-state index contributed by atoms with van der Waals surface area (Å²) in [6.45, 7) is 5.23. The first-order valence-corrected chi connectivity index (χ1v) is 8.23. The SMILES string of the molecule is CCC(C)CC(=O)NC1CC(N(CC(=O)O)CC2CC2)C1. The number of amides is 1. The molecule has 1 unspecified atom stereocenters. The van der Waals surface area contributed by atoms with Crippen molar-refractivity contribution in [2.75, 3.05) is 13.1 Å². The maximum absolute atomic E-state index is 11.8. The first kappa shape index (κ1) is 16.3. The van der Waals surface area contributed by atoms with Gasteiger partial charge in [0.1, 0.15) is 0 Å². The van der Waals surface area contributed by atoms with Crippen LogP contribution < -0.4 is 5.32 Å². The maximum Gasteiger partial charge on any atom is 0.317 e. The van der Waals surface area contributed by atoms with Crippen LogP contribution in [0.3, 0.4) is 0 Å². The Kier molecular flexibility index (Phi) is 5.62. The lowest BCUT2D eigenvalue weighted by Gasteiger charge is -2.42. The van der Waals surface area contributed by atoms with E-state index < -0.39 is 5.97 Å². The molecular formula is C16H28N2O3. The normalized spacial score (nSPS) is 26.2. The molecule has 120 valence electrons. The molecule has 2 rings (SSSR count). The van der Waals surface area contributed by atoms with Crippen LogP contribution in [0, 0.1) is 11.8 Å². The molecule has 0 aromatic rings. The molecule has 5 nitrogen and oxygen atoms in total. The summed E-state index contributed by atoms with van der Waals surface area (Å²) in [5, 5.41) is 12.1. The van der Waals surface area contributed by atoms with Crippen molar-refractivity contribution in [2.24, 2.45) is 11.8 Å². The molecule has 0 radical (unpaired) electrons. The van der Waals surface area contributed by atoms with Crippen LogP contribution in [-0.2, 0) is 9.59 Å². The van der Waals surface area contributed by atoms with Gasteiger partial charge in [0.2, 0.25) is 5.91 Å². The Balaban J connectivity index is 1.70. The van der Waals surface area contributed by atoms with Crippen LogP contribution in [0.2, 0.25) is 0 Å². The van der Waals surface area contributed by atoms with E-state index >= 15 is 0 Å². The van der Waals surface area contributed by atoms with E-state index in [1.165, 1.54) is 12.8 Å². The molecule has 1 atom stereocenters. The number of carboxylic acids is 1. The van der Waals surface area contributed by atoms with E-state index in [1.807, 2.05) is 0 Å². The van der Waals surface area contributed by atoms with Gasteiger partial charge in [0.05, 0.1) is 6.54 Å². The predicted octanol–water partition coefficient (Wildman–Crippen LogP) is 1.87. The molecule has 0 spiro atoms. The molecule has 0 aliphatic heterocycles. The van der Waals surface area contributed by atoms with E-state index in [2.05, 4.69) is 24.1 Å². The molecule has 0 bridgehead atoms. The smallest absolute Gasteiger partial charge is 0.317 e. The third-order valence-electron chi connectivity index (χ3n) is 4.75. The Morgan fingerprint density at radius 3 is 2.52 bits per heavy atom. The van der Waals surface area contributed by atoms with Crippen molar-refractivity contribution in [1.29, 1.82) is 0 Å². The average molecular weight is 296 g/mol. The Morgan fingerprint density at radius 1 is 1.33 bits per heavy atom. The number of hydrogen-bond donors (Lipinski definition) is 2. The van der Waals surface area contributed by atoms with Crippen molar-refractivity contribution in [2.45, 2.75) is 64.5 Å². The van der Waals surface area contributed by atoms with Gasteiger partial charge in [-0.25, -0.2) is 0 Å². The molecule has 0 aromatic carbocycles. The van der Waals surface area contributed by atoms with Gasteiger partial charge in [-0.05, 0) is 37.5 Å². The lowest BCUT2D eigenvalue weighted by atomic mass is 9.85. The fourth-order valence-corrected chi connectivity index (χ4v) is 2.90. The van der Waals surface area contributed by atoms with Gasteiger partial charge in [0.25, 0.3) is 0 Å². The second kappa shape index (κ2) is 7.25. The minimum Gasteiger partial charge on any atom is -0.480 e. The van der Waals surface area contributed by atoms with Gasteiger partial charge in [-0.15, -0.1) is 0 Å². The molecule has 5 heteroatoms. The number of nitrogens with one attached hydrogen (secondary N) is 1. The molecular weight excluding hydrogens is 268 g/mol. The molecule has 2 fully saturated rings. The summed E-state index contributed by atoms with van der Waals surface area (Å²) in [7, 11) is 0. The van der Waals surface area contributed by atoms with Gasteiger partial charge in [0.15, 0.2) is 0 Å². The zero-order valence-electron chi connectivity index (χ0n) is 13.2. The second-order valence-corrected chi connectivity index (χ2v) is 6.87. The summed E-state index contributed by atoms with van der Waals surface area (Å²) < 4.78 is 0. The van der Waals surface area contributed by atoms with Gasteiger partial charge in [0, 0.05) is 25.0 Å². The van der Waals surface area contributed by atoms with E-state index in [0.717, 1.165) is 25.8 Å². The molecule has 2 aliphatic rings. The summed E-state index contributed by atoms with van der Waals surface area (Å²) in [6.07, 6.45) is 5.88. The highest BCUT2D eigenvalue weighted by atomic mass is 16.4. The summed E-state index contributed by atoms with van der Waals surface area (Å²) in [4.78, 5) is 24.9. The molecule has 0 heterocycles. The van der Waals surface area contributed by atoms with Gasteiger partial charge < -0.3 is 10.4 Å². The van der Waals surface area contributed by atoms with Crippen LogP contribution in [-0.4, -0.2) is 47.1 Å². The molecule has 2 saturated carbocycles. The number of carbonyl (C=O) groups excluding carboxylic acids is 1. The Morgan fingerprint density at radius 2 is 2.00 bits per heavy atom. The number of carboxylic acid groups (broad SMARTS) is 1. The highest BCUT2D eigenvalue weighted by Gasteiger charge is 2.37. The van der Waals surface area contributed by atoms with Crippen molar-refractivity contribution < 1.29 is 14.7 Å². The summed E-state index contributed by atoms with van der Waals surface area (Å²) >= 11 is 0. The van der Waals surface area contributed by atoms with E-state index in [1.54, 1.807) is 0 Å². The first-order valence-electron chi connectivity index (χ1n) is 8.23. The molecule has 21 heavy (non-hydrogen) atoms. The van der Waals surface area contributed by atoms with Crippen LogP contribution in [0.25, 0.3) is 0 Å². The number of nitrogens with zero attached hydrogens (tertiary/aromatic N) is 1. The zero-order valence-corrected chi connectivity index (χ0v) is 13.2. The maximum atomic E-state index is 11.8. The fourth-order valence-electron chi connectivity index (χ4n) is 2.90. The lowest BCUT2D eigenvalue weighted by molar-refractivity contribution is -0.140. The van der Waals surface area contributed by atoms with Crippen LogP contribution in [0.1, 0.15) is 52.4 Å². The van der Waals surface area contributed by atoms with E-state index in [0.29, 0.717) is 24.3 Å². The monoisotopic (exact) mass is 296 g/mol. The minimum absolute atomic E-state index is 0.134. The molecule has 2 N–H and O–H groups in total. The number of carbonyl (C=O) groups is 2. The predicted molar refractivity (Wildman–Crippen MR) is 81.0 cm³/mol. The van der Waals surface area contributed by atoms with Crippen molar-refractivity contribution in [3.63, 3.8) is 0 Å². The molecule has 0 aromatic heterocycles. The second-order valence-electron chi connectivity index (χ2n) is 6.87. The van der Waals surface area contributed by atoms with Crippen LogP contribution >= 0.6 is 0 Å². The number of hydrogen-bond acceptors (Lipinski definition) is 3. The van der Waals surface area contributed by atoms with E-state index in [4.69, 9.17) is 5.11 Å². The van der Waals surface area contributed by atoms with Crippen LogP contribution in [0.4, 0.5) is 0 Å². The standard InChI is InChI=1S/C16H28N2O3/c1-3-11(2)6-15(19)17-13-7-14(8-13)18(10-16(20)21)9-12-4-5-12/h11-14H,3-10H2,1-2H3,(H,17,19)(H,20,21). The summed E-state index contributed by atoms with van der Waals surface area (Å²) in [5.74, 6) is 0.516. The average Bonchev–Trinajstić information content (AvgIpc) is 3.15. The number of rotatable bonds is 9. The van der Waals surface area contributed by atoms with Crippen molar-refractivity contribution >= 4 is 11.9 Å². The highest BCUT2D eigenvalue weighted by molar-refractivity contribution is 5.76. The molecule has 0 saturated heterocycles. The minimum atomic E-state index is -0.750. The van der Waals surface area contributed by atoms with Gasteiger partial charge in [-0.2, -0.15) is 0 Å². The summed E-state index contributed by atoms with van der Waals surface area (Å²) in [6, 6.07) is 0.567. The highest BCUT2D eigenvalue weighted by Crippen LogP contribution is 2.33. The Labute approximate surface area is 127 Å². The van der Waals surface area contributed by atoms with Gasteiger partial charge >= 0.3 is 5.97 Å². The zero-order chi connectivity index (χ0) is 15.4. The lowest BCUT2D eigenvalue weighted by Crippen LogP contribution is -2.55. The van der Waals surface area contributed by atoms with Crippen molar-refractivity contribution in [3.05, 3.63) is 0 Å². The third-order valence-corrected chi connectivity index (χ3v) is 4.75. The summed E-state index contributed by atoms with van der Waals surface area (Å²) in [5.41, 5.74) is 0. The van der Waals surface area contributed by atoms with Gasteiger partial charge in [-0.1, -0.05) is 20.3 Å². The quantitative estimate of drug-likeness (QED) is 0.681. The van der Waals surface area contributed by atoms with Crippen LogP contribution in [0.15, 0.2) is 0 Å². The third kappa shape index (κ3) is 5.30. The van der Waals surface area contributed by atoms with E-state index in [-0.39, 0.29) is 18.5 Å². The van der Waals surface area contributed by atoms with Crippen LogP contribution in [0.5, 0.6) is 0 Å². The molecule has 1 amide bonds. The Bertz CT molecular complexity index is 376. The Hall–Kier alpha value is -1.10. The fraction of sp³-hybridized carbons (Fsp3) is 0.875. The van der Waals surface area contributed by atoms with E-state index in [9.17, 15) is 9.59 Å². The topological polar surface area (TPSA) is 69.6 Å². The largest absolute Gasteiger partial charge is 0.480 e. The van der Waals surface area contributed by atoms with Crippen molar-refractivity contribution in [1.82, 2.24) is 10.2 Å². The van der Waals surface area contributed by atoms with Gasteiger partial charge in [-0.3, -0.25) is 14.5 Å².